The summed E-state index contributed by atoms with van der Waals surface area (Å²) in [6, 6.07) is 5.76. The number of rotatable bonds is 3. The Hall–Kier alpha value is -1.36. The maximum absolute atomic E-state index is 8.53. The van der Waals surface area contributed by atoms with Gasteiger partial charge in [-0.2, -0.15) is 5.26 Å². The van der Waals surface area contributed by atoms with E-state index in [0.29, 0.717) is 5.69 Å². The van der Waals surface area contributed by atoms with Crippen LogP contribution < -0.4 is 0 Å². The standard InChI is InChI=1S/C11H14N2/c1-9(2)3-4-10-5-6-11(7-12)13-8-10/h5-6,8-9H,3-4H2,1-2H3. The summed E-state index contributed by atoms with van der Waals surface area (Å²) < 4.78 is 0. The van der Waals surface area contributed by atoms with Crippen molar-refractivity contribution >= 4 is 0 Å². The van der Waals surface area contributed by atoms with Crippen LogP contribution in [0.25, 0.3) is 0 Å². The maximum Gasteiger partial charge on any atom is 0.140 e. The Morgan fingerprint density at radius 2 is 2.23 bits per heavy atom. The number of hydrogen-bond donors (Lipinski definition) is 0. The highest BCUT2D eigenvalue weighted by molar-refractivity contribution is 5.23. The second kappa shape index (κ2) is 4.61. The van der Waals surface area contributed by atoms with E-state index < -0.39 is 0 Å². The van der Waals surface area contributed by atoms with Crippen molar-refractivity contribution < 1.29 is 0 Å². The molecule has 0 radical (unpaired) electrons. The van der Waals surface area contributed by atoms with E-state index in [1.165, 1.54) is 12.0 Å². The topological polar surface area (TPSA) is 36.7 Å². The van der Waals surface area contributed by atoms with E-state index >= 15 is 0 Å². The molecule has 0 saturated carbocycles. The number of nitriles is 1. The Labute approximate surface area is 79.2 Å². The Morgan fingerprint density at radius 1 is 1.46 bits per heavy atom. The van der Waals surface area contributed by atoms with E-state index in [4.69, 9.17) is 5.26 Å². The van der Waals surface area contributed by atoms with Crippen molar-refractivity contribution in [1.82, 2.24) is 4.98 Å². The second-order valence-electron chi connectivity index (χ2n) is 3.60. The summed E-state index contributed by atoms with van der Waals surface area (Å²) in [7, 11) is 0. The van der Waals surface area contributed by atoms with Crippen molar-refractivity contribution in [1.29, 1.82) is 5.26 Å². The van der Waals surface area contributed by atoms with Gasteiger partial charge in [0.05, 0.1) is 0 Å². The van der Waals surface area contributed by atoms with E-state index in [2.05, 4.69) is 18.8 Å². The molecule has 0 unspecified atom stereocenters. The average Bonchev–Trinajstić information content (AvgIpc) is 2.15. The summed E-state index contributed by atoms with van der Waals surface area (Å²) >= 11 is 0. The van der Waals surface area contributed by atoms with Gasteiger partial charge in [0, 0.05) is 6.20 Å². The minimum atomic E-state index is 0.494. The highest BCUT2D eigenvalue weighted by Gasteiger charge is 1.97. The monoisotopic (exact) mass is 174 g/mol. The van der Waals surface area contributed by atoms with Gasteiger partial charge in [-0.1, -0.05) is 19.9 Å². The van der Waals surface area contributed by atoms with Gasteiger partial charge in [0.25, 0.3) is 0 Å². The lowest BCUT2D eigenvalue weighted by Gasteiger charge is -2.03. The van der Waals surface area contributed by atoms with Crippen LogP contribution >= 0.6 is 0 Å². The fraction of sp³-hybridized carbons (Fsp3) is 0.455. The predicted octanol–water partition coefficient (Wildman–Crippen LogP) is 2.54. The van der Waals surface area contributed by atoms with Gasteiger partial charge in [0.2, 0.25) is 0 Å². The number of pyridine rings is 1. The number of aryl methyl sites for hydroxylation is 1. The zero-order valence-electron chi connectivity index (χ0n) is 8.12. The first-order valence-corrected chi connectivity index (χ1v) is 4.57. The van der Waals surface area contributed by atoms with Gasteiger partial charge >= 0.3 is 0 Å². The molecule has 1 aromatic heterocycles. The van der Waals surface area contributed by atoms with E-state index in [1.807, 2.05) is 12.1 Å². The Balaban J connectivity index is 2.55. The molecular formula is C11H14N2. The molecule has 0 aliphatic rings. The normalized spacial score (nSPS) is 10.0. The van der Waals surface area contributed by atoms with Gasteiger partial charge in [-0.15, -0.1) is 0 Å². The molecule has 0 saturated heterocycles. The Morgan fingerprint density at radius 3 is 2.69 bits per heavy atom. The lowest BCUT2D eigenvalue weighted by atomic mass is 10.0. The van der Waals surface area contributed by atoms with E-state index in [1.54, 1.807) is 12.3 Å². The molecular weight excluding hydrogens is 160 g/mol. The van der Waals surface area contributed by atoms with E-state index in [-0.39, 0.29) is 0 Å². The van der Waals surface area contributed by atoms with E-state index in [9.17, 15) is 0 Å². The van der Waals surface area contributed by atoms with Gasteiger partial charge in [-0.25, -0.2) is 4.98 Å². The lowest BCUT2D eigenvalue weighted by molar-refractivity contribution is 0.586. The zero-order valence-corrected chi connectivity index (χ0v) is 8.12. The third-order valence-electron chi connectivity index (χ3n) is 1.95. The van der Waals surface area contributed by atoms with Gasteiger partial charge in [-0.05, 0) is 30.4 Å². The Bertz CT molecular complexity index is 293. The highest BCUT2D eigenvalue weighted by atomic mass is 14.7. The van der Waals surface area contributed by atoms with Crippen LogP contribution in [0.2, 0.25) is 0 Å². The molecule has 0 atom stereocenters. The first kappa shape index (κ1) is 9.73. The van der Waals surface area contributed by atoms with Crippen LogP contribution in [0.4, 0.5) is 0 Å². The highest BCUT2D eigenvalue weighted by Crippen LogP contribution is 2.08. The molecule has 1 heterocycles. The second-order valence-corrected chi connectivity index (χ2v) is 3.60. The maximum atomic E-state index is 8.53. The van der Waals surface area contributed by atoms with Crippen molar-refractivity contribution in [3.63, 3.8) is 0 Å². The fourth-order valence-corrected chi connectivity index (χ4v) is 1.09. The largest absolute Gasteiger partial charge is 0.245 e. The molecule has 0 N–H and O–H groups in total. The molecule has 0 bridgehead atoms. The van der Waals surface area contributed by atoms with Crippen LogP contribution in [-0.4, -0.2) is 4.98 Å². The van der Waals surface area contributed by atoms with Crippen LogP contribution in [0.3, 0.4) is 0 Å². The summed E-state index contributed by atoms with van der Waals surface area (Å²) in [5.74, 6) is 0.718. The third kappa shape index (κ3) is 3.25. The molecule has 0 aromatic carbocycles. The lowest BCUT2D eigenvalue weighted by Crippen LogP contribution is -1.93. The summed E-state index contributed by atoms with van der Waals surface area (Å²) in [5.41, 5.74) is 1.71. The van der Waals surface area contributed by atoms with Crippen LogP contribution in [-0.2, 0) is 6.42 Å². The van der Waals surface area contributed by atoms with E-state index in [0.717, 1.165) is 12.3 Å². The van der Waals surface area contributed by atoms with Gasteiger partial charge in [-0.3, -0.25) is 0 Å². The number of hydrogen-bond acceptors (Lipinski definition) is 2. The van der Waals surface area contributed by atoms with Crippen molar-refractivity contribution in [3.8, 4) is 6.07 Å². The molecule has 2 heteroatoms. The molecule has 68 valence electrons. The fourth-order valence-electron chi connectivity index (χ4n) is 1.09. The molecule has 0 spiro atoms. The predicted molar refractivity (Wildman–Crippen MR) is 52.1 cm³/mol. The summed E-state index contributed by atoms with van der Waals surface area (Å²) in [6.45, 7) is 4.41. The average molecular weight is 174 g/mol. The van der Waals surface area contributed by atoms with Gasteiger partial charge < -0.3 is 0 Å². The minimum Gasteiger partial charge on any atom is -0.245 e. The first-order valence-electron chi connectivity index (χ1n) is 4.57. The Kier molecular flexibility index (Phi) is 3.45. The quantitative estimate of drug-likeness (QED) is 0.706. The van der Waals surface area contributed by atoms with Gasteiger partial charge in [0.15, 0.2) is 0 Å². The number of nitrogens with zero attached hydrogens (tertiary/aromatic N) is 2. The van der Waals surface area contributed by atoms with Crippen molar-refractivity contribution in [2.75, 3.05) is 0 Å². The van der Waals surface area contributed by atoms with Crippen molar-refractivity contribution in [2.24, 2.45) is 5.92 Å². The van der Waals surface area contributed by atoms with Crippen molar-refractivity contribution in [2.45, 2.75) is 26.7 Å². The van der Waals surface area contributed by atoms with Crippen molar-refractivity contribution in [3.05, 3.63) is 29.6 Å². The molecule has 0 aliphatic heterocycles. The molecule has 0 amide bonds. The molecule has 0 aliphatic carbocycles. The zero-order chi connectivity index (χ0) is 9.68. The van der Waals surface area contributed by atoms with Crippen LogP contribution in [0.15, 0.2) is 18.3 Å². The molecule has 1 aromatic rings. The summed E-state index contributed by atoms with van der Waals surface area (Å²) in [6.07, 6.45) is 4.02. The molecule has 13 heavy (non-hydrogen) atoms. The van der Waals surface area contributed by atoms with Gasteiger partial charge in [0.1, 0.15) is 11.8 Å². The van der Waals surface area contributed by atoms with Crippen LogP contribution in [0, 0.1) is 17.2 Å². The smallest absolute Gasteiger partial charge is 0.140 e. The third-order valence-corrected chi connectivity index (χ3v) is 1.95. The summed E-state index contributed by atoms with van der Waals surface area (Å²) in [4.78, 5) is 4.01. The van der Waals surface area contributed by atoms with Crippen LogP contribution in [0.1, 0.15) is 31.5 Å². The SMILES string of the molecule is CC(C)CCc1ccc(C#N)nc1. The molecule has 1 rings (SSSR count). The molecule has 0 fully saturated rings. The first-order chi connectivity index (χ1) is 6.22. The molecule has 2 nitrogen and oxygen atoms in total. The number of aromatic nitrogens is 1. The minimum absolute atomic E-state index is 0.494. The van der Waals surface area contributed by atoms with Crippen LogP contribution in [0.5, 0.6) is 0 Å². The summed E-state index contributed by atoms with van der Waals surface area (Å²) in [5, 5.41) is 8.53.